The molecule has 0 unspecified atom stereocenters. The number of sulfonamides is 1. The molecule has 3 N–H and O–H groups in total. The van der Waals surface area contributed by atoms with E-state index in [9.17, 15) is 31.2 Å². The zero-order valence-corrected chi connectivity index (χ0v) is 21.7. The van der Waals surface area contributed by atoms with E-state index in [1.54, 1.807) is 4.90 Å². The molecule has 4 rings (SSSR count). The third-order valence-electron chi connectivity index (χ3n) is 7.10. The topological polar surface area (TPSA) is 120 Å². The van der Waals surface area contributed by atoms with E-state index in [1.165, 1.54) is 0 Å². The summed E-state index contributed by atoms with van der Waals surface area (Å²) in [6.45, 7) is 0.794. The molecular weight excluding hydrogens is 523 g/mol. The molecular formula is C25H30F3N5O4S. The van der Waals surface area contributed by atoms with Crippen LogP contribution in [0.25, 0.3) is 0 Å². The van der Waals surface area contributed by atoms with Crippen LogP contribution in [0, 0.1) is 0 Å². The minimum absolute atomic E-state index is 0.0718. The minimum atomic E-state index is -4.53. The number of urea groups is 1. The van der Waals surface area contributed by atoms with E-state index in [0.717, 1.165) is 49.6 Å². The first-order valence-corrected chi connectivity index (χ1v) is 14.2. The quantitative estimate of drug-likeness (QED) is 0.482. The van der Waals surface area contributed by atoms with Gasteiger partial charge in [-0.25, -0.2) is 22.9 Å². The summed E-state index contributed by atoms with van der Waals surface area (Å²) < 4.78 is 64.1. The molecule has 3 amide bonds. The van der Waals surface area contributed by atoms with Gasteiger partial charge in [0.2, 0.25) is 15.9 Å². The van der Waals surface area contributed by atoms with Gasteiger partial charge < -0.3 is 10.2 Å². The smallest absolute Gasteiger partial charge is 0.326 e. The maximum absolute atomic E-state index is 13.2. The second-order valence-electron chi connectivity index (χ2n) is 9.84. The highest BCUT2D eigenvalue weighted by atomic mass is 32.2. The summed E-state index contributed by atoms with van der Waals surface area (Å²) in [4.78, 5) is 30.8. The van der Waals surface area contributed by atoms with Crippen molar-refractivity contribution in [1.29, 1.82) is 0 Å². The summed E-state index contributed by atoms with van der Waals surface area (Å²) in [6.07, 6.45) is 2.05. The highest BCUT2D eigenvalue weighted by Crippen LogP contribution is 2.41. The summed E-state index contributed by atoms with van der Waals surface area (Å²) in [6, 6.07) is 7.83. The number of piperidine rings is 1. The van der Waals surface area contributed by atoms with Gasteiger partial charge in [-0.15, -0.1) is 0 Å². The molecule has 0 bridgehead atoms. The number of carbonyl (C=O) groups excluding carboxylic acids is 2. The van der Waals surface area contributed by atoms with E-state index in [0.29, 0.717) is 37.8 Å². The Bertz CT molecular complexity index is 1260. The second-order valence-corrected chi connectivity index (χ2v) is 11.7. The van der Waals surface area contributed by atoms with Gasteiger partial charge in [0.05, 0.1) is 11.8 Å². The van der Waals surface area contributed by atoms with Gasteiger partial charge in [-0.05, 0) is 55.5 Å². The van der Waals surface area contributed by atoms with E-state index < -0.39 is 33.8 Å². The molecule has 0 radical (unpaired) electrons. The van der Waals surface area contributed by atoms with Gasteiger partial charge in [-0.2, -0.15) is 13.2 Å². The lowest BCUT2D eigenvalue weighted by Crippen LogP contribution is -2.53. The van der Waals surface area contributed by atoms with Crippen molar-refractivity contribution in [2.45, 2.75) is 56.2 Å². The number of rotatable bonds is 7. The highest BCUT2D eigenvalue weighted by Gasteiger charge is 2.37. The Balaban J connectivity index is 1.40. The van der Waals surface area contributed by atoms with Gasteiger partial charge in [0, 0.05) is 30.4 Å². The number of carbonyl (C=O) groups is 2. The third kappa shape index (κ3) is 6.62. The lowest BCUT2D eigenvalue weighted by molar-refractivity contribution is -0.137. The van der Waals surface area contributed by atoms with Crippen molar-refractivity contribution >= 4 is 33.5 Å². The molecule has 1 aliphatic carbocycles. The maximum atomic E-state index is 13.2. The van der Waals surface area contributed by atoms with Crippen LogP contribution in [-0.2, 0) is 26.4 Å². The molecule has 1 atom stereocenters. The van der Waals surface area contributed by atoms with Crippen molar-refractivity contribution in [1.82, 2.24) is 15.0 Å². The van der Waals surface area contributed by atoms with Crippen molar-refractivity contribution in [2.75, 3.05) is 29.6 Å². The first-order chi connectivity index (χ1) is 17.9. The molecule has 2 aromatic rings. The lowest BCUT2D eigenvalue weighted by Gasteiger charge is -2.34. The van der Waals surface area contributed by atoms with Crippen LogP contribution in [0.2, 0.25) is 0 Å². The Morgan fingerprint density at radius 2 is 1.79 bits per heavy atom. The Morgan fingerprint density at radius 3 is 2.37 bits per heavy atom. The van der Waals surface area contributed by atoms with Crippen LogP contribution in [0.3, 0.4) is 0 Å². The van der Waals surface area contributed by atoms with Crippen molar-refractivity contribution in [3.05, 3.63) is 53.7 Å². The summed E-state index contributed by atoms with van der Waals surface area (Å²) in [5.74, 6) is -0.369. The SMILES string of the molecule is CS(=O)(=O)NCC1(c2ccc(N3CCC[C@@H](NC(=O)Nc4ccc(C(F)(F)F)cn4)C3=O)cc2)CCCC1. The van der Waals surface area contributed by atoms with E-state index in [2.05, 4.69) is 20.3 Å². The van der Waals surface area contributed by atoms with Crippen LogP contribution in [0.15, 0.2) is 42.6 Å². The van der Waals surface area contributed by atoms with Gasteiger partial charge in [0.15, 0.2) is 0 Å². The Labute approximate surface area is 219 Å². The van der Waals surface area contributed by atoms with Crippen LogP contribution in [0.1, 0.15) is 49.7 Å². The molecule has 0 spiro atoms. The molecule has 2 fully saturated rings. The average Bonchev–Trinajstić information content (AvgIpc) is 3.34. The number of hydrogen-bond acceptors (Lipinski definition) is 5. The molecule has 1 aromatic carbocycles. The van der Waals surface area contributed by atoms with E-state index >= 15 is 0 Å². The fourth-order valence-corrected chi connectivity index (χ4v) is 5.63. The number of benzene rings is 1. The van der Waals surface area contributed by atoms with Crippen molar-refractivity contribution in [2.24, 2.45) is 0 Å². The predicted molar refractivity (Wildman–Crippen MR) is 136 cm³/mol. The van der Waals surface area contributed by atoms with Crippen molar-refractivity contribution in [3.63, 3.8) is 0 Å². The molecule has 1 aromatic heterocycles. The molecule has 206 valence electrons. The molecule has 1 saturated carbocycles. The van der Waals surface area contributed by atoms with Crippen LogP contribution >= 0.6 is 0 Å². The minimum Gasteiger partial charge on any atom is -0.326 e. The number of pyridine rings is 1. The predicted octanol–water partition coefficient (Wildman–Crippen LogP) is 3.78. The largest absolute Gasteiger partial charge is 0.417 e. The summed E-state index contributed by atoms with van der Waals surface area (Å²) >= 11 is 0. The number of halogens is 3. The van der Waals surface area contributed by atoms with E-state index in [-0.39, 0.29) is 17.1 Å². The Hall–Kier alpha value is -3.19. The fraction of sp³-hybridized carbons (Fsp3) is 0.480. The Morgan fingerprint density at radius 1 is 1.11 bits per heavy atom. The van der Waals surface area contributed by atoms with E-state index in [1.807, 2.05) is 24.3 Å². The molecule has 9 nitrogen and oxygen atoms in total. The number of nitrogens with zero attached hydrogens (tertiary/aromatic N) is 2. The summed E-state index contributed by atoms with van der Waals surface area (Å²) in [5.41, 5.74) is 0.456. The lowest BCUT2D eigenvalue weighted by atomic mass is 9.79. The number of amides is 3. The summed E-state index contributed by atoms with van der Waals surface area (Å²) in [7, 11) is -3.33. The highest BCUT2D eigenvalue weighted by molar-refractivity contribution is 7.88. The number of nitrogens with one attached hydrogen (secondary N) is 3. The van der Waals surface area contributed by atoms with Crippen LogP contribution < -0.4 is 20.3 Å². The third-order valence-corrected chi connectivity index (χ3v) is 7.77. The van der Waals surface area contributed by atoms with Gasteiger partial charge >= 0.3 is 12.2 Å². The zero-order valence-electron chi connectivity index (χ0n) is 20.8. The van der Waals surface area contributed by atoms with Crippen LogP contribution in [0.4, 0.5) is 29.5 Å². The standard InChI is InChI=1S/C25H30F3N5O4S/c1-38(36,37)30-16-24(12-2-3-13-24)17-6-9-19(10-7-17)33-14-4-5-20(22(33)34)31-23(35)32-21-11-8-18(15-29-21)25(26,27)28/h6-11,15,20,30H,2-5,12-14,16H2,1H3,(H2,29,31,32,35)/t20-/m1/s1. The van der Waals surface area contributed by atoms with Gasteiger partial charge in [0.25, 0.3) is 0 Å². The maximum Gasteiger partial charge on any atom is 0.417 e. The van der Waals surface area contributed by atoms with Gasteiger partial charge in [0.1, 0.15) is 11.9 Å². The molecule has 38 heavy (non-hydrogen) atoms. The monoisotopic (exact) mass is 553 g/mol. The number of alkyl halides is 3. The normalized spacial score (nSPS) is 19.8. The van der Waals surface area contributed by atoms with E-state index in [4.69, 9.17) is 0 Å². The molecule has 2 aliphatic rings. The van der Waals surface area contributed by atoms with Crippen molar-refractivity contribution in [3.8, 4) is 0 Å². The number of anilines is 2. The molecule has 2 heterocycles. The zero-order chi connectivity index (χ0) is 27.6. The Kier molecular flexibility index (Phi) is 7.98. The van der Waals surface area contributed by atoms with Crippen LogP contribution in [0.5, 0.6) is 0 Å². The number of aromatic nitrogens is 1. The van der Waals surface area contributed by atoms with Crippen LogP contribution in [-0.4, -0.2) is 50.7 Å². The first kappa shape index (κ1) is 27.8. The molecule has 1 saturated heterocycles. The first-order valence-electron chi connectivity index (χ1n) is 12.3. The van der Waals surface area contributed by atoms with Crippen molar-refractivity contribution < 1.29 is 31.2 Å². The van der Waals surface area contributed by atoms with Gasteiger partial charge in [-0.1, -0.05) is 25.0 Å². The number of hydrogen-bond donors (Lipinski definition) is 3. The fourth-order valence-electron chi connectivity index (χ4n) is 5.10. The molecule has 13 heteroatoms. The summed E-state index contributed by atoms with van der Waals surface area (Å²) in [5, 5.41) is 4.95. The van der Waals surface area contributed by atoms with Gasteiger partial charge in [-0.3, -0.25) is 10.1 Å². The molecule has 1 aliphatic heterocycles. The average molecular weight is 554 g/mol. The second kappa shape index (κ2) is 10.9.